The Morgan fingerprint density at radius 1 is 1.25 bits per heavy atom. The minimum atomic E-state index is -0.281. The Kier molecular flexibility index (Phi) is 4.10. The minimum absolute atomic E-state index is 0.0150. The maximum atomic E-state index is 13.2. The van der Waals surface area contributed by atoms with E-state index in [0.717, 1.165) is 30.6 Å². The van der Waals surface area contributed by atoms with E-state index in [1.807, 2.05) is 12.1 Å². The van der Waals surface area contributed by atoms with Crippen LogP contribution < -0.4 is 5.32 Å². The fraction of sp³-hybridized carbons (Fsp3) is 0.421. The smallest absolute Gasteiger partial charge is 0.224 e. The third kappa shape index (κ3) is 3.08. The van der Waals surface area contributed by atoms with Crippen LogP contribution in [0.2, 0.25) is 0 Å². The van der Waals surface area contributed by atoms with Gasteiger partial charge in [-0.2, -0.15) is 0 Å². The summed E-state index contributed by atoms with van der Waals surface area (Å²) in [5.41, 5.74) is 0.881. The van der Waals surface area contributed by atoms with Crippen molar-refractivity contribution in [3.05, 3.63) is 59.8 Å². The van der Waals surface area contributed by atoms with Gasteiger partial charge in [0.1, 0.15) is 11.6 Å². The van der Waals surface area contributed by atoms with Crippen LogP contribution in [-0.4, -0.2) is 18.6 Å². The summed E-state index contributed by atoms with van der Waals surface area (Å²) in [6.07, 6.45) is 4.27. The molecule has 1 amide bonds. The van der Waals surface area contributed by atoms with Gasteiger partial charge in [0, 0.05) is 18.4 Å². The van der Waals surface area contributed by atoms with Gasteiger partial charge in [-0.3, -0.25) is 4.79 Å². The van der Waals surface area contributed by atoms with Gasteiger partial charge in [-0.25, -0.2) is 4.39 Å². The molecule has 1 saturated heterocycles. The maximum Gasteiger partial charge on any atom is 0.224 e. The van der Waals surface area contributed by atoms with Crippen molar-refractivity contribution in [1.29, 1.82) is 0 Å². The number of halogens is 1. The molecular weight excluding hydrogens is 309 g/mol. The van der Waals surface area contributed by atoms with Gasteiger partial charge in [-0.05, 0) is 49.1 Å². The standard InChI is InChI=1S/C19H20FNO3/c20-13-7-5-12(6-8-13)18(17-4-2-10-24-17)21-19(22)15-11-14(15)16-3-1-9-23-16/h1,3,5-9,14-15,17-18H,2,4,10-11H2,(H,21,22)/t14-,15-,17+,18-/m1/s1. The molecule has 2 aliphatic rings. The van der Waals surface area contributed by atoms with Crippen molar-refractivity contribution in [1.82, 2.24) is 5.32 Å². The molecule has 1 aliphatic heterocycles. The molecule has 0 radical (unpaired) electrons. The Labute approximate surface area is 140 Å². The van der Waals surface area contributed by atoms with Crippen LogP contribution in [-0.2, 0) is 9.53 Å². The Morgan fingerprint density at radius 3 is 2.75 bits per heavy atom. The molecule has 0 unspecified atom stereocenters. The number of amides is 1. The molecule has 1 aliphatic carbocycles. The predicted octanol–water partition coefficient (Wildman–Crippen LogP) is 3.56. The van der Waals surface area contributed by atoms with Crippen LogP contribution in [0.3, 0.4) is 0 Å². The monoisotopic (exact) mass is 329 g/mol. The first-order chi connectivity index (χ1) is 11.7. The lowest BCUT2D eigenvalue weighted by Crippen LogP contribution is -2.37. The second-order valence-corrected chi connectivity index (χ2v) is 6.55. The summed E-state index contributed by atoms with van der Waals surface area (Å²) in [6, 6.07) is 9.81. The van der Waals surface area contributed by atoms with Crippen molar-refractivity contribution < 1.29 is 18.3 Å². The van der Waals surface area contributed by atoms with Gasteiger partial charge >= 0.3 is 0 Å². The molecule has 2 heterocycles. The summed E-state index contributed by atoms with van der Waals surface area (Å²) in [5, 5.41) is 3.12. The molecule has 1 aromatic carbocycles. The van der Waals surface area contributed by atoms with Crippen molar-refractivity contribution in [2.24, 2.45) is 5.92 Å². The van der Waals surface area contributed by atoms with E-state index in [-0.39, 0.29) is 35.7 Å². The molecule has 0 bridgehead atoms. The molecule has 0 spiro atoms. The second-order valence-electron chi connectivity index (χ2n) is 6.55. The molecule has 4 rings (SSSR count). The summed E-state index contributed by atoms with van der Waals surface area (Å²) in [4.78, 5) is 12.6. The minimum Gasteiger partial charge on any atom is -0.469 e. The topological polar surface area (TPSA) is 51.5 Å². The van der Waals surface area contributed by atoms with Gasteiger partial charge in [0.2, 0.25) is 5.91 Å². The van der Waals surface area contributed by atoms with Gasteiger partial charge in [-0.1, -0.05) is 12.1 Å². The first-order valence-corrected chi connectivity index (χ1v) is 8.43. The van der Waals surface area contributed by atoms with Gasteiger partial charge in [0.25, 0.3) is 0 Å². The zero-order valence-corrected chi connectivity index (χ0v) is 13.3. The van der Waals surface area contributed by atoms with E-state index in [1.165, 1.54) is 12.1 Å². The maximum absolute atomic E-state index is 13.2. The van der Waals surface area contributed by atoms with E-state index < -0.39 is 0 Å². The number of furan rings is 1. The third-order valence-electron chi connectivity index (χ3n) is 4.90. The van der Waals surface area contributed by atoms with E-state index >= 15 is 0 Å². The van der Waals surface area contributed by atoms with E-state index in [0.29, 0.717) is 6.61 Å². The fourth-order valence-electron chi connectivity index (χ4n) is 3.49. The number of hydrogen-bond donors (Lipinski definition) is 1. The first-order valence-electron chi connectivity index (χ1n) is 8.43. The largest absolute Gasteiger partial charge is 0.469 e. The van der Waals surface area contributed by atoms with Crippen molar-refractivity contribution in [3.8, 4) is 0 Å². The Hall–Kier alpha value is -2.14. The van der Waals surface area contributed by atoms with Crippen molar-refractivity contribution in [3.63, 3.8) is 0 Å². The van der Waals surface area contributed by atoms with Crippen LogP contribution in [0.4, 0.5) is 4.39 Å². The summed E-state index contributed by atoms with van der Waals surface area (Å²) in [7, 11) is 0. The SMILES string of the molecule is O=C(N[C@H](c1ccc(F)cc1)[C@@H]1CCCO1)[C@@H]1C[C@H]1c1ccco1. The number of nitrogens with one attached hydrogen (secondary N) is 1. The lowest BCUT2D eigenvalue weighted by Gasteiger charge is -2.25. The molecule has 4 atom stereocenters. The van der Waals surface area contributed by atoms with Crippen LogP contribution in [0, 0.1) is 11.7 Å². The average Bonchev–Trinajstić information content (AvgIpc) is 3.02. The Morgan fingerprint density at radius 2 is 2.08 bits per heavy atom. The summed E-state index contributed by atoms with van der Waals surface area (Å²) in [5.74, 6) is 0.710. The van der Waals surface area contributed by atoms with Crippen LogP contribution in [0.5, 0.6) is 0 Å². The molecular formula is C19H20FNO3. The highest BCUT2D eigenvalue weighted by Gasteiger charge is 2.46. The summed E-state index contributed by atoms with van der Waals surface area (Å²) < 4.78 is 24.4. The van der Waals surface area contributed by atoms with Gasteiger partial charge in [0.15, 0.2) is 0 Å². The number of carbonyl (C=O) groups excluding carboxylic acids is 1. The van der Waals surface area contributed by atoms with Crippen molar-refractivity contribution >= 4 is 5.91 Å². The molecule has 1 N–H and O–H groups in total. The highest BCUT2D eigenvalue weighted by molar-refractivity contribution is 5.83. The molecule has 5 heteroatoms. The lowest BCUT2D eigenvalue weighted by atomic mass is 9.99. The highest BCUT2D eigenvalue weighted by Crippen LogP contribution is 2.48. The number of rotatable bonds is 5. The molecule has 1 saturated carbocycles. The zero-order chi connectivity index (χ0) is 16.5. The van der Waals surface area contributed by atoms with Crippen LogP contribution in [0.15, 0.2) is 47.1 Å². The summed E-state index contributed by atoms with van der Waals surface area (Å²) >= 11 is 0. The number of carbonyl (C=O) groups is 1. The quantitative estimate of drug-likeness (QED) is 0.912. The number of hydrogen-bond acceptors (Lipinski definition) is 3. The molecule has 126 valence electrons. The van der Waals surface area contributed by atoms with Gasteiger partial charge in [0.05, 0.1) is 18.4 Å². The molecule has 2 aromatic rings. The average molecular weight is 329 g/mol. The normalized spacial score (nSPS) is 27.0. The fourth-order valence-corrected chi connectivity index (χ4v) is 3.49. The number of ether oxygens (including phenoxy) is 1. The van der Waals surface area contributed by atoms with Crippen LogP contribution >= 0.6 is 0 Å². The zero-order valence-electron chi connectivity index (χ0n) is 13.3. The van der Waals surface area contributed by atoms with E-state index in [2.05, 4.69) is 5.32 Å². The van der Waals surface area contributed by atoms with Crippen LogP contribution in [0.25, 0.3) is 0 Å². The van der Waals surface area contributed by atoms with E-state index in [1.54, 1.807) is 18.4 Å². The lowest BCUT2D eigenvalue weighted by molar-refractivity contribution is -0.124. The van der Waals surface area contributed by atoms with E-state index in [9.17, 15) is 9.18 Å². The summed E-state index contributed by atoms with van der Waals surface area (Å²) in [6.45, 7) is 0.705. The first kappa shape index (κ1) is 15.4. The van der Waals surface area contributed by atoms with Gasteiger partial charge < -0.3 is 14.5 Å². The molecule has 4 nitrogen and oxygen atoms in total. The highest BCUT2D eigenvalue weighted by atomic mass is 19.1. The number of benzene rings is 1. The molecule has 1 aromatic heterocycles. The third-order valence-corrected chi connectivity index (χ3v) is 4.90. The Balaban J connectivity index is 1.47. The van der Waals surface area contributed by atoms with Crippen LogP contribution in [0.1, 0.15) is 42.5 Å². The molecule has 2 fully saturated rings. The van der Waals surface area contributed by atoms with Crippen molar-refractivity contribution in [2.75, 3.05) is 6.61 Å². The van der Waals surface area contributed by atoms with E-state index in [4.69, 9.17) is 9.15 Å². The Bertz CT molecular complexity index is 692. The van der Waals surface area contributed by atoms with Crippen molar-refractivity contribution in [2.45, 2.75) is 37.3 Å². The van der Waals surface area contributed by atoms with Gasteiger partial charge in [-0.15, -0.1) is 0 Å². The predicted molar refractivity (Wildman–Crippen MR) is 85.8 cm³/mol. The molecule has 24 heavy (non-hydrogen) atoms. The second kappa shape index (κ2) is 6.40.